The van der Waals surface area contributed by atoms with Crippen LogP contribution in [0.5, 0.6) is 5.75 Å². The van der Waals surface area contributed by atoms with E-state index in [1.54, 1.807) is 0 Å². The summed E-state index contributed by atoms with van der Waals surface area (Å²) in [5, 5.41) is 0.972. The topological polar surface area (TPSA) is 46.2 Å². The molecule has 0 N–H and O–H groups in total. The van der Waals surface area contributed by atoms with E-state index in [2.05, 4.69) is 19.5 Å². The highest BCUT2D eigenvalue weighted by atomic mass is 28.4. The fraction of sp³-hybridized carbons (Fsp3) is 0.647. The summed E-state index contributed by atoms with van der Waals surface area (Å²) in [7, 11) is -4.96. The molecule has 1 unspecified atom stereocenters. The van der Waals surface area contributed by atoms with Crippen molar-refractivity contribution in [1.82, 2.24) is 0 Å². The van der Waals surface area contributed by atoms with Gasteiger partial charge >= 0.3 is 17.4 Å². The van der Waals surface area contributed by atoms with Gasteiger partial charge in [0.05, 0.1) is 6.61 Å². The van der Waals surface area contributed by atoms with Crippen LogP contribution in [0.4, 0.5) is 0 Å². The Morgan fingerprint density at radius 3 is 2.21 bits per heavy atom. The molecule has 1 aromatic rings. The summed E-state index contributed by atoms with van der Waals surface area (Å²) in [6.45, 7) is 12.4. The summed E-state index contributed by atoms with van der Waals surface area (Å²) in [5.41, 5.74) is 1.05. The Kier molecular flexibility index (Phi) is 7.03. The highest BCUT2D eigenvalue weighted by Gasteiger charge is 2.44. The van der Waals surface area contributed by atoms with Gasteiger partial charge in [0.1, 0.15) is 5.75 Å². The third-order valence-corrected chi connectivity index (χ3v) is 9.82. The van der Waals surface area contributed by atoms with Gasteiger partial charge in [-0.15, -0.1) is 0 Å². The van der Waals surface area contributed by atoms with Crippen LogP contribution in [-0.2, 0) is 24.3 Å². The molecular formula is C17H30O5Si2. The third-order valence-electron chi connectivity index (χ3n) is 3.98. The van der Waals surface area contributed by atoms with Gasteiger partial charge in [-0.05, 0) is 39.5 Å². The van der Waals surface area contributed by atoms with Gasteiger partial charge in [-0.2, -0.15) is 0 Å². The maximum absolute atomic E-state index is 6.22. The maximum atomic E-state index is 6.22. The molecule has 1 aliphatic rings. The van der Waals surface area contributed by atoms with Crippen molar-refractivity contribution in [3.05, 3.63) is 23.8 Å². The lowest BCUT2D eigenvalue weighted by Gasteiger charge is -2.34. The van der Waals surface area contributed by atoms with E-state index in [-0.39, 0.29) is 0 Å². The first-order valence-corrected chi connectivity index (χ1v) is 13.2. The zero-order chi connectivity index (χ0) is 17.6. The van der Waals surface area contributed by atoms with E-state index in [9.17, 15) is 0 Å². The Balaban J connectivity index is 2.32. The summed E-state index contributed by atoms with van der Waals surface area (Å²) in [5.74, 6) is 0.931. The minimum absolute atomic E-state index is 0.553. The highest BCUT2D eigenvalue weighted by molar-refractivity contribution is 6.75. The van der Waals surface area contributed by atoms with Crippen molar-refractivity contribution >= 4 is 22.6 Å². The predicted octanol–water partition coefficient (Wildman–Crippen LogP) is 3.33. The van der Waals surface area contributed by atoms with Crippen LogP contribution in [0, 0.1) is 0 Å². The van der Waals surface area contributed by atoms with Gasteiger partial charge in [0, 0.05) is 36.6 Å². The molecule has 1 atom stereocenters. The number of hydrogen-bond acceptors (Lipinski definition) is 5. The van der Waals surface area contributed by atoms with Gasteiger partial charge < -0.3 is 22.1 Å². The highest BCUT2D eigenvalue weighted by Crippen LogP contribution is 2.31. The smallest absolute Gasteiger partial charge is 0.520 e. The second-order valence-corrected chi connectivity index (χ2v) is 11.8. The van der Waals surface area contributed by atoms with Crippen LogP contribution in [0.2, 0.25) is 12.6 Å². The molecule has 5 nitrogen and oxygen atoms in total. The molecule has 0 aromatic heterocycles. The van der Waals surface area contributed by atoms with E-state index in [1.165, 1.54) is 0 Å². The summed E-state index contributed by atoms with van der Waals surface area (Å²) < 4.78 is 30.3. The van der Waals surface area contributed by atoms with Gasteiger partial charge in [-0.1, -0.05) is 19.4 Å². The van der Waals surface area contributed by atoms with Gasteiger partial charge in [-0.25, -0.2) is 0 Å². The third kappa shape index (κ3) is 4.27. The van der Waals surface area contributed by atoms with Crippen LogP contribution in [0.1, 0.15) is 39.7 Å². The van der Waals surface area contributed by atoms with E-state index in [0.717, 1.165) is 29.0 Å². The number of benzene rings is 1. The first-order chi connectivity index (χ1) is 11.5. The molecule has 0 saturated carbocycles. The Labute approximate surface area is 147 Å². The van der Waals surface area contributed by atoms with Crippen molar-refractivity contribution in [2.75, 3.05) is 19.8 Å². The number of rotatable bonds is 9. The minimum Gasteiger partial charge on any atom is -0.520 e. The van der Waals surface area contributed by atoms with Gasteiger partial charge in [0.2, 0.25) is 0 Å². The average molecular weight is 371 g/mol. The number of fused-ring (bicyclic) bond motifs is 1. The fourth-order valence-electron chi connectivity index (χ4n) is 3.00. The van der Waals surface area contributed by atoms with Crippen LogP contribution in [-0.4, -0.2) is 37.2 Å². The quantitative estimate of drug-likeness (QED) is 0.624. The molecule has 0 fully saturated rings. The molecule has 136 valence electrons. The molecule has 0 saturated heterocycles. The van der Waals surface area contributed by atoms with Crippen molar-refractivity contribution < 1.29 is 22.1 Å². The van der Waals surface area contributed by atoms with Crippen LogP contribution >= 0.6 is 0 Å². The second kappa shape index (κ2) is 8.60. The molecule has 24 heavy (non-hydrogen) atoms. The van der Waals surface area contributed by atoms with E-state index in [1.807, 2.05) is 32.9 Å². The van der Waals surface area contributed by atoms with Crippen molar-refractivity contribution in [3.63, 3.8) is 0 Å². The molecule has 1 heterocycles. The normalized spacial score (nSPS) is 20.5. The predicted molar refractivity (Wildman–Crippen MR) is 98.8 cm³/mol. The molecule has 0 spiro atoms. The average Bonchev–Trinajstić information content (AvgIpc) is 2.55. The first-order valence-electron chi connectivity index (χ1n) is 8.90. The summed E-state index contributed by atoms with van der Waals surface area (Å²) >= 11 is 0. The molecule has 1 aliphatic heterocycles. The molecular weight excluding hydrogens is 340 g/mol. The summed E-state index contributed by atoms with van der Waals surface area (Å²) in [4.78, 5) is 0. The molecule has 0 radical (unpaired) electrons. The van der Waals surface area contributed by atoms with Gasteiger partial charge in [0.15, 0.2) is 0 Å². The minimum atomic E-state index is -2.88. The Bertz CT molecular complexity index is 523. The van der Waals surface area contributed by atoms with E-state index < -0.39 is 17.4 Å². The van der Waals surface area contributed by atoms with E-state index in [4.69, 9.17) is 22.1 Å². The first kappa shape index (κ1) is 19.6. The lowest BCUT2D eigenvalue weighted by molar-refractivity contribution is 0.0858. The van der Waals surface area contributed by atoms with Crippen LogP contribution in [0.3, 0.4) is 0 Å². The Hall–Kier alpha value is -0.706. The van der Waals surface area contributed by atoms with Crippen LogP contribution < -0.4 is 9.61 Å². The Morgan fingerprint density at radius 1 is 1.04 bits per heavy atom. The van der Waals surface area contributed by atoms with E-state index in [0.29, 0.717) is 26.4 Å². The maximum Gasteiger partial charge on any atom is 0.537 e. The molecule has 1 aromatic carbocycles. The SMILES string of the molecule is CCC[Si]1(C)OCc2cc([Si](OCC)(OCC)OCC)ccc2O1. The molecule has 0 amide bonds. The van der Waals surface area contributed by atoms with Crippen molar-refractivity contribution in [1.29, 1.82) is 0 Å². The summed E-state index contributed by atoms with van der Waals surface area (Å²) in [6, 6.07) is 7.12. The zero-order valence-corrected chi connectivity index (χ0v) is 17.5. The van der Waals surface area contributed by atoms with Gasteiger partial charge in [-0.3, -0.25) is 0 Å². The Morgan fingerprint density at radius 2 is 1.67 bits per heavy atom. The van der Waals surface area contributed by atoms with Gasteiger partial charge in [0.25, 0.3) is 0 Å². The molecule has 7 heteroatoms. The fourth-order valence-corrected chi connectivity index (χ4v) is 7.86. The van der Waals surface area contributed by atoms with Crippen LogP contribution in [0.25, 0.3) is 0 Å². The van der Waals surface area contributed by atoms with E-state index >= 15 is 0 Å². The second-order valence-electron chi connectivity index (χ2n) is 5.95. The van der Waals surface area contributed by atoms with Crippen molar-refractivity contribution in [3.8, 4) is 5.75 Å². The van der Waals surface area contributed by atoms with Crippen molar-refractivity contribution in [2.45, 2.75) is 53.3 Å². The van der Waals surface area contributed by atoms with Crippen LogP contribution in [0.15, 0.2) is 18.2 Å². The molecule has 0 bridgehead atoms. The largest absolute Gasteiger partial charge is 0.537 e. The lowest BCUT2D eigenvalue weighted by atomic mass is 10.2. The monoisotopic (exact) mass is 370 g/mol. The lowest BCUT2D eigenvalue weighted by Crippen LogP contribution is -2.57. The summed E-state index contributed by atoms with van der Waals surface area (Å²) in [6.07, 6.45) is 1.07. The molecule has 0 aliphatic carbocycles. The standard InChI is InChI=1S/C17H30O5Si2/c1-6-12-23(5)21-14-15-13-16(10-11-17(15)22-23)24(18-7-2,19-8-3)20-9-4/h10-11,13H,6-9,12,14H2,1-5H3. The molecule has 2 rings (SSSR count). The number of hydrogen-bond donors (Lipinski definition) is 0. The van der Waals surface area contributed by atoms with Crippen molar-refractivity contribution in [2.24, 2.45) is 0 Å². The zero-order valence-electron chi connectivity index (χ0n) is 15.5.